The summed E-state index contributed by atoms with van der Waals surface area (Å²) in [6.07, 6.45) is 12.5. The standard InChI is InChI=1S/C21H29IO2/c1-19-8-5-15(23)13-14(19)3-4-16-17(19)6-9-20(2)18(16)7-10-21(20,24)11-12-22/h11-13,16-18,24H,3-10H2,1-2H3/t16-,17-,18+,19+,20+,21?/m1/s1. The van der Waals surface area contributed by atoms with E-state index in [-0.39, 0.29) is 10.8 Å². The van der Waals surface area contributed by atoms with E-state index in [0.29, 0.717) is 17.6 Å². The molecule has 0 aliphatic heterocycles. The van der Waals surface area contributed by atoms with Crippen molar-refractivity contribution in [2.24, 2.45) is 28.6 Å². The highest BCUT2D eigenvalue weighted by molar-refractivity contribution is 14.1. The van der Waals surface area contributed by atoms with E-state index in [1.54, 1.807) is 0 Å². The van der Waals surface area contributed by atoms with Gasteiger partial charge in [-0.25, -0.2) is 0 Å². The van der Waals surface area contributed by atoms with Crippen LogP contribution in [0.15, 0.2) is 21.8 Å². The molecule has 0 bridgehead atoms. The van der Waals surface area contributed by atoms with E-state index in [1.165, 1.54) is 18.4 Å². The Morgan fingerprint density at radius 1 is 1.12 bits per heavy atom. The highest BCUT2D eigenvalue weighted by Gasteiger charge is 2.63. The molecule has 0 amide bonds. The summed E-state index contributed by atoms with van der Waals surface area (Å²) in [5.74, 6) is 2.39. The Kier molecular flexibility index (Phi) is 4.08. The number of rotatable bonds is 1. The van der Waals surface area contributed by atoms with Crippen molar-refractivity contribution in [1.29, 1.82) is 0 Å². The zero-order valence-corrected chi connectivity index (χ0v) is 17.0. The third-order valence-corrected chi connectivity index (χ3v) is 8.88. The van der Waals surface area contributed by atoms with Gasteiger partial charge in [-0.05, 0) is 84.3 Å². The number of aliphatic hydroxyl groups is 1. The van der Waals surface area contributed by atoms with Crippen LogP contribution >= 0.6 is 22.6 Å². The van der Waals surface area contributed by atoms with Crippen molar-refractivity contribution < 1.29 is 9.90 Å². The number of fused-ring (bicyclic) bond motifs is 5. The molecule has 6 atom stereocenters. The summed E-state index contributed by atoms with van der Waals surface area (Å²) >= 11 is 2.24. The van der Waals surface area contributed by atoms with Crippen LogP contribution in [0.3, 0.4) is 0 Å². The molecule has 3 heteroatoms. The van der Waals surface area contributed by atoms with Crippen LogP contribution in [-0.4, -0.2) is 16.5 Å². The Bertz CT molecular complexity index is 623. The van der Waals surface area contributed by atoms with Gasteiger partial charge in [0.2, 0.25) is 0 Å². The highest BCUT2D eigenvalue weighted by Crippen LogP contribution is 2.67. The maximum absolute atomic E-state index is 11.9. The molecule has 0 aromatic heterocycles. The molecular formula is C21H29IO2. The average molecular weight is 440 g/mol. The van der Waals surface area contributed by atoms with Gasteiger partial charge in [0.05, 0.1) is 5.60 Å². The minimum absolute atomic E-state index is 0.0257. The van der Waals surface area contributed by atoms with Crippen LogP contribution in [0, 0.1) is 28.6 Å². The molecule has 4 aliphatic carbocycles. The van der Waals surface area contributed by atoms with Crippen molar-refractivity contribution in [2.75, 3.05) is 0 Å². The lowest BCUT2D eigenvalue weighted by atomic mass is 9.46. The zero-order valence-electron chi connectivity index (χ0n) is 14.9. The molecule has 4 aliphatic rings. The summed E-state index contributed by atoms with van der Waals surface area (Å²) in [7, 11) is 0. The largest absolute Gasteiger partial charge is 0.385 e. The van der Waals surface area contributed by atoms with Crippen LogP contribution in [0.2, 0.25) is 0 Å². The molecule has 4 rings (SSSR count). The Morgan fingerprint density at radius 2 is 1.88 bits per heavy atom. The molecule has 3 fully saturated rings. The quantitative estimate of drug-likeness (QED) is 0.570. The van der Waals surface area contributed by atoms with E-state index in [4.69, 9.17) is 0 Å². The molecule has 1 unspecified atom stereocenters. The maximum Gasteiger partial charge on any atom is 0.155 e. The first-order valence-corrected chi connectivity index (χ1v) is 10.8. The van der Waals surface area contributed by atoms with Gasteiger partial charge < -0.3 is 5.11 Å². The number of allylic oxidation sites excluding steroid dienone is 1. The van der Waals surface area contributed by atoms with Gasteiger partial charge in [0.15, 0.2) is 5.78 Å². The van der Waals surface area contributed by atoms with E-state index < -0.39 is 5.60 Å². The Labute approximate surface area is 159 Å². The van der Waals surface area contributed by atoms with E-state index in [2.05, 4.69) is 42.5 Å². The van der Waals surface area contributed by atoms with Crippen LogP contribution in [0.4, 0.5) is 0 Å². The summed E-state index contributed by atoms with van der Waals surface area (Å²) in [5, 5.41) is 11.3. The molecule has 0 radical (unpaired) electrons. The van der Waals surface area contributed by atoms with E-state index >= 15 is 0 Å². The number of hydrogen-bond donors (Lipinski definition) is 1. The van der Waals surface area contributed by atoms with Crippen LogP contribution in [0.5, 0.6) is 0 Å². The number of halogens is 1. The smallest absolute Gasteiger partial charge is 0.155 e. The molecular weight excluding hydrogens is 411 g/mol. The van der Waals surface area contributed by atoms with Crippen LogP contribution in [0.25, 0.3) is 0 Å². The van der Waals surface area contributed by atoms with Crippen molar-refractivity contribution >= 4 is 28.4 Å². The molecule has 0 spiro atoms. The van der Waals surface area contributed by atoms with E-state index in [1.807, 2.05) is 10.2 Å². The van der Waals surface area contributed by atoms with Gasteiger partial charge in [-0.3, -0.25) is 4.79 Å². The minimum Gasteiger partial charge on any atom is -0.385 e. The van der Waals surface area contributed by atoms with E-state index in [9.17, 15) is 9.90 Å². The van der Waals surface area contributed by atoms with Gasteiger partial charge in [0.25, 0.3) is 0 Å². The molecule has 2 nitrogen and oxygen atoms in total. The van der Waals surface area contributed by atoms with Gasteiger partial charge in [0.1, 0.15) is 0 Å². The fourth-order valence-corrected chi connectivity index (χ4v) is 7.58. The SMILES string of the molecule is C[C@]12CCC(=O)C=C1CC[C@@H]1[C@H]2CC[C@@]2(C)[C@H]1CCC2(O)C=CI. The molecule has 0 aromatic carbocycles. The van der Waals surface area contributed by atoms with Crippen LogP contribution < -0.4 is 0 Å². The average Bonchev–Trinajstić information content (AvgIpc) is 2.80. The third-order valence-electron chi connectivity index (χ3n) is 8.52. The third kappa shape index (κ3) is 2.19. The lowest BCUT2D eigenvalue weighted by Gasteiger charge is -2.58. The number of carbonyl (C=O) groups is 1. The van der Waals surface area contributed by atoms with Crippen LogP contribution in [-0.2, 0) is 4.79 Å². The Hall–Kier alpha value is -0.160. The fourth-order valence-electron chi connectivity index (χ4n) is 6.99. The van der Waals surface area contributed by atoms with Gasteiger partial charge >= 0.3 is 0 Å². The molecule has 0 saturated heterocycles. The maximum atomic E-state index is 11.9. The molecule has 1 N–H and O–H groups in total. The van der Waals surface area contributed by atoms with Gasteiger partial charge in [-0.15, -0.1) is 0 Å². The van der Waals surface area contributed by atoms with Crippen molar-refractivity contribution in [1.82, 2.24) is 0 Å². The topological polar surface area (TPSA) is 37.3 Å². The first-order valence-electron chi connectivity index (χ1n) is 9.58. The number of ketones is 1. The van der Waals surface area contributed by atoms with Crippen molar-refractivity contribution in [2.45, 2.75) is 70.8 Å². The lowest BCUT2D eigenvalue weighted by molar-refractivity contribution is -0.120. The zero-order chi connectivity index (χ0) is 17.2. The fraction of sp³-hybridized carbons (Fsp3) is 0.762. The second kappa shape index (κ2) is 5.67. The summed E-state index contributed by atoms with van der Waals surface area (Å²) in [5.41, 5.74) is 1.07. The van der Waals surface area contributed by atoms with Crippen LogP contribution in [0.1, 0.15) is 65.2 Å². The minimum atomic E-state index is -0.622. The van der Waals surface area contributed by atoms with Gasteiger partial charge in [-0.1, -0.05) is 42.0 Å². The lowest BCUT2D eigenvalue weighted by Crippen LogP contribution is -2.54. The number of hydrogen-bond acceptors (Lipinski definition) is 2. The first-order chi connectivity index (χ1) is 11.3. The second-order valence-corrected chi connectivity index (χ2v) is 9.90. The molecule has 24 heavy (non-hydrogen) atoms. The van der Waals surface area contributed by atoms with E-state index in [0.717, 1.165) is 44.4 Å². The summed E-state index contributed by atoms with van der Waals surface area (Å²) < 4.78 is 2.01. The Morgan fingerprint density at radius 3 is 2.62 bits per heavy atom. The normalized spacial score (nSPS) is 51.1. The Balaban J connectivity index is 1.68. The summed E-state index contributed by atoms with van der Waals surface area (Å²) in [6.45, 7) is 4.77. The molecule has 0 heterocycles. The van der Waals surface area contributed by atoms with Gasteiger partial charge in [-0.2, -0.15) is 0 Å². The second-order valence-electron chi connectivity index (χ2n) is 9.18. The first kappa shape index (κ1) is 17.3. The van der Waals surface area contributed by atoms with Gasteiger partial charge in [0, 0.05) is 11.8 Å². The monoisotopic (exact) mass is 440 g/mol. The van der Waals surface area contributed by atoms with Crippen molar-refractivity contribution in [3.63, 3.8) is 0 Å². The number of carbonyl (C=O) groups excluding carboxylic acids is 1. The van der Waals surface area contributed by atoms with Crippen molar-refractivity contribution in [3.05, 3.63) is 21.8 Å². The predicted molar refractivity (Wildman–Crippen MR) is 105 cm³/mol. The summed E-state index contributed by atoms with van der Waals surface area (Å²) in [6, 6.07) is 0. The molecule has 132 valence electrons. The molecule has 0 aromatic rings. The van der Waals surface area contributed by atoms with Crippen molar-refractivity contribution in [3.8, 4) is 0 Å². The predicted octanol–water partition coefficient (Wildman–Crippen LogP) is 5.20. The highest BCUT2D eigenvalue weighted by atomic mass is 127. The molecule has 3 saturated carbocycles. The summed E-state index contributed by atoms with van der Waals surface area (Å²) in [4.78, 5) is 11.9.